The van der Waals surface area contributed by atoms with Gasteiger partial charge in [0, 0.05) is 12.1 Å². The molecule has 0 aromatic carbocycles. The van der Waals surface area contributed by atoms with Crippen LogP contribution >= 0.6 is 0 Å². The highest BCUT2D eigenvalue weighted by Crippen LogP contribution is 2.39. The van der Waals surface area contributed by atoms with Gasteiger partial charge in [-0.05, 0) is 62.4 Å². The summed E-state index contributed by atoms with van der Waals surface area (Å²) in [4.78, 5) is 2.71. The van der Waals surface area contributed by atoms with Gasteiger partial charge in [-0.1, -0.05) is 27.7 Å². The number of hydrogen-bond acceptors (Lipinski definition) is 2. The lowest BCUT2D eigenvalue weighted by Gasteiger charge is -2.34. The molecule has 2 aliphatic rings. The predicted molar refractivity (Wildman–Crippen MR) is 78.5 cm³/mol. The van der Waals surface area contributed by atoms with Crippen LogP contribution in [0.25, 0.3) is 0 Å². The molecule has 1 aliphatic heterocycles. The van der Waals surface area contributed by atoms with Crippen molar-refractivity contribution in [2.75, 3.05) is 13.1 Å². The Balaban J connectivity index is 1.95. The van der Waals surface area contributed by atoms with Crippen LogP contribution in [0.1, 0.15) is 59.8 Å². The van der Waals surface area contributed by atoms with Crippen LogP contribution in [-0.4, -0.2) is 30.1 Å². The summed E-state index contributed by atoms with van der Waals surface area (Å²) in [5.41, 5.74) is 6.83. The van der Waals surface area contributed by atoms with Gasteiger partial charge in [-0.25, -0.2) is 0 Å². The van der Waals surface area contributed by atoms with Crippen LogP contribution in [0.5, 0.6) is 0 Å². The number of rotatable bonds is 2. The highest BCUT2D eigenvalue weighted by molar-refractivity contribution is 4.99. The molecule has 2 N–H and O–H groups in total. The summed E-state index contributed by atoms with van der Waals surface area (Å²) in [5, 5.41) is 0. The van der Waals surface area contributed by atoms with Crippen molar-refractivity contribution in [3.8, 4) is 0 Å². The Morgan fingerprint density at radius 2 is 1.83 bits per heavy atom. The second-order valence-corrected chi connectivity index (χ2v) is 7.59. The summed E-state index contributed by atoms with van der Waals surface area (Å²) in [6.45, 7) is 12.0. The average molecular weight is 252 g/mol. The van der Waals surface area contributed by atoms with Crippen LogP contribution in [0.15, 0.2) is 0 Å². The third kappa shape index (κ3) is 2.91. The second-order valence-electron chi connectivity index (χ2n) is 7.59. The van der Waals surface area contributed by atoms with Gasteiger partial charge in [0.2, 0.25) is 0 Å². The molecule has 1 heterocycles. The molecule has 1 aliphatic carbocycles. The van der Waals surface area contributed by atoms with E-state index in [0.717, 1.165) is 11.8 Å². The van der Waals surface area contributed by atoms with E-state index in [1.165, 1.54) is 45.2 Å². The Kier molecular flexibility index (Phi) is 4.38. The SMILES string of the molecule is CC(C)C1CCCN(C2CCC(C)(C)C2N)CC1. The maximum absolute atomic E-state index is 6.49. The summed E-state index contributed by atoms with van der Waals surface area (Å²) < 4.78 is 0. The van der Waals surface area contributed by atoms with Crippen molar-refractivity contribution in [3.05, 3.63) is 0 Å². The fraction of sp³-hybridized carbons (Fsp3) is 1.00. The summed E-state index contributed by atoms with van der Waals surface area (Å²) in [7, 11) is 0. The zero-order chi connectivity index (χ0) is 13.3. The maximum atomic E-state index is 6.49. The van der Waals surface area contributed by atoms with E-state index >= 15 is 0 Å². The number of hydrogen-bond donors (Lipinski definition) is 1. The van der Waals surface area contributed by atoms with Gasteiger partial charge in [0.25, 0.3) is 0 Å². The fourth-order valence-electron chi connectivity index (χ4n) is 3.94. The number of nitrogens with zero attached hydrogens (tertiary/aromatic N) is 1. The first-order valence-electron chi connectivity index (χ1n) is 7.91. The van der Waals surface area contributed by atoms with Crippen LogP contribution in [0.3, 0.4) is 0 Å². The second kappa shape index (κ2) is 5.50. The molecule has 2 fully saturated rings. The van der Waals surface area contributed by atoms with Gasteiger partial charge in [0.15, 0.2) is 0 Å². The van der Waals surface area contributed by atoms with Crippen molar-refractivity contribution in [2.24, 2.45) is 23.0 Å². The average Bonchev–Trinajstić information content (AvgIpc) is 2.52. The molecule has 3 unspecified atom stereocenters. The Morgan fingerprint density at radius 1 is 1.11 bits per heavy atom. The van der Waals surface area contributed by atoms with Crippen molar-refractivity contribution < 1.29 is 0 Å². The molecule has 0 bridgehead atoms. The van der Waals surface area contributed by atoms with Crippen LogP contribution in [0, 0.1) is 17.3 Å². The standard InChI is InChI=1S/C16H32N2/c1-12(2)13-6-5-10-18(11-8-13)14-7-9-16(3,4)15(14)17/h12-15H,5-11,17H2,1-4H3. The summed E-state index contributed by atoms with van der Waals surface area (Å²) >= 11 is 0. The van der Waals surface area contributed by atoms with Crippen LogP contribution < -0.4 is 5.73 Å². The van der Waals surface area contributed by atoms with Crippen molar-refractivity contribution in [1.29, 1.82) is 0 Å². The molecule has 2 nitrogen and oxygen atoms in total. The monoisotopic (exact) mass is 252 g/mol. The third-order valence-electron chi connectivity index (χ3n) is 5.62. The van der Waals surface area contributed by atoms with Gasteiger partial charge >= 0.3 is 0 Å². The van der Waals surface area contributed by atoms with Gasteiger partial charge in [-0.15, -0.1) is 0 Å². The Bertz CT molecular complexity index is 272. The lowest BCUT2D eigenvalue weighted by molar-refractivity contribution is 0.166. The zero-order valence-corrected chi connectivity index (χ0v) is 12.8. The first-order valence-corrected chi connectivity index (χ1v) is 7.91. The van der Waals surface area contributed by atoms with E-state index in [0.29, 0.717) is 17.5 Å². The molecule has 0 spiro atoms. The largest absolute Gasteiger partial charge is 0.326 e. The highest BCUT2D eigenvalue weighted by atomic mass is 15.2. The van der Waals surface area contributed by atoms with Gasteiger partial charge in [0.05, 0.1) is 0 Å². The van der Waals surface area contributed by atoms with E-state index in [1.54, 1.807) is 0 Å². The van der Waals surface area contributed by atoms with Gasteiger partial charge in [0.1, 0.15) is 0 Å². The molecular weight excluding hydrogens is 220 g/mol. The van der Waals surface area contributed by atoms with Crippen molar-refractivity contribution in [2.45, 2.75) is 71.9 Å². The quantitative estimate of drug-likeness (QED) is 0.817. The molecule has 0 radical (unpaired) electrons. The van der Waals surface area contributed by atoms with E-state index in [1.807, 2.05) is 0 Å². The van der Waals surface area contributed by atoms with Crippen LogP contribution in [0.4, 0.5) is 0 Å². The Hall–Kier alpha value is -0.0800. The smallest absolute Gasteiger partial charge is 0.0252 e. The van der Waals surface area contributed by atoms with Gasteiger partial charge < -0.3 is 5.73 Å². The minimum Gasteiger partial charge on any atom is -0.326 e. The van der Waals surface area contributed by atoms with Crippen LogP contribution in [-0.2, 0) is 0 Å². The van der Waals surface area contributed by atoms with Crippen LogP contribution in [0.2, 0.25) is 0 Å². The molecule has 106 valence electrons. The predicted octanol–water partition coefficient (Wildman–Crippen LogP) is 3.26. The molecule has 0 aromatic heterocycles. The molecular formula is C16H32N2. The highest BCUT2D eigenvalue weighted by Gasteiger charge is 2.42. The van der Waals surface area contributed by atoms with E-state index in [-0.39, 0.29) is 0 Å². The lowest BCUT2D eigenvalue weighted by Crippen LogP contribution is -2.49. The van der Waals surface area contributed by atoms with E-state index < -0.39 is 0 Å². The molecule has 3 atom stereocenters. The molecule has 0 amide bonds. The van der Waals surface area contributed by atoms with Gasteiger partial charge in [-0.3, -0.25) is 4.90 Å². The normalized spacial score (nSPS) is 38.0. The molecule has 18 heavy (non-hydrogen) atoms. The molecule has 2 heteroatoms. The molecule has 1 saturated carbocycles. The van der Waals surface area contributed by atoms with Crippen molar-refractivity contribution in [3.63, 3.8) is 0 Å². The first kappa shape index (κ1) is 14.3. The topological polar surface area (TPSA) is 29.3 Å². The molecule has 0 aromatic rings. The number of nitrogens with two attached hydrogens (primary N) is 1. The summed E-state index contributed by atoms with van der Waals surface area (Å²) in [5.74, 6) is 1.78. The minimum atomic E-state index is 0.342. The Morgan fingerprint density at radius 3 is 2.39 bits per heavy atom. The summed E-state index contributed by atoms with van der Waals surface area (Å²) in [6, 6.07) is 1.01. The maximum Gasteiger partial charge on any atom is 0.0252 e. The van der Waals surface area contributed by atoms with E-state index in [9.17, 15) is 0 Å². The minimum absolute atomic E-state index is 0.342. The molecule has 1 saturated heterocycles. The lowest BCUT2D eigenvalue weighted by atomic mass is 9.87. The third-order valence-corrected chi connectivity index (χ3v) is 5.62. The molecule has 2 rings (SSSR count). The van der Waals surface area contributed by atoms with Gasteiger partial charge in [-0.2, -0.15) is 0 Å². The fourth-order valence-corrected chi connectivity index (χ4v) is 3.94. The van der Waals surface area contributed by atoms with E-state index in [4.69, 9.17) is 5.73 Å². The first-order chi connectivity index (χ1) is 8.42. The Labute approximate surface area is 113 Å². The van der Waals surface area contributed by atoms with E-state index in [2.05, 4.69) is 32.6 Å². The summed E-state index contributed by atoms with van der Waals surface area (Å²) in [6.07, 6.45) is 6.76. The zero-order valence-electron chi connectivity index (χ0n) is 12.8. The number of likely N-dealkylation sites (tertiary alicyclic amines) is 1. The van der Waals surface area contributed by atoms with Crippen molar-refractivity contribution >= 4 is 0 Å². The van der Waals surface area contributed by atoms with Crippen molar-refractivity contribution in [1.82, 2.24) is 4.90 Å².